The monoisotopic (exact) mass is 387 g/mol. The molecule has 148 valence electrons. The van der Waals surface area contributed by atoms with E-state index in [-0.39, 0.29) is 18.0 Å². The fourth-order valence-electron chi connectivity index (χ4n) is 3.05. The van der Waals surface area contributed by atoms with Gasteiger partial charge in [0.05, 0.1) is 11.7 Å². The fraction of sp³-hybridized carbons (Fsp3) is 0.200. The van der Waals surface area contributed by atoms with E-state index in [1.54, 1.807) is 24.3 Å². The summed E-state index contributed by atoms with van der Waals surface area (Å²) in [5.41, 5.74) is 4.00. The first-order chi connectivity index (χ1) is 14.0. The van der Waals surface area contributed by atoms with Gasteiger partial charge in [-0.25, -0.2) is 4.79 Å². The third kappa shape index (κ3) is 5.79. The Morgan fingerprint density at radius 3 is 2.17 bits per heavy atom. The molecule has 0 spiro atoms. The molecule has 29 heavy (non-hydrogen) atoms. The predicted octanol–water partition coefficient (Wildman–Crippen LogP) is 5.29. The number of hydrogen-bond donors (Lipinski definition) is 1. The van der Waals surface area contributed by atoms with Crippen LogP contribution in [-0.4, -0.2) is 18.0 Å². The molecule has 0 aliphatic carbocycles. The first-order valence-corrected chi connectivity index (χ1v) is 9.77. The van der Waals surface area contributed by atoms with Crippen molar-refractivity contribution in [1.29, 1.82) is 0 Å². The van der Waals surface area contributed by atoms with E-state index in [0.717, 1.165) is 18.4 Å². The lowest BCUT2D eigenvalue weighted by Gasteiger charge is -2.11. The van der Waals surface area contributed by atoms with Gasteiger partial charge >= 0.3 is 5.97 Å². The molecule has 0 heterocycles. The smallest absolute Gasteiger partial charge is 0.338 e. The number of aryl methyl sites for hydroxylation is 2. The summed E-state index contributed by atoms with van der Waals surface area (Å²) in [5, 5.41) is 2.91. The van der Waals surface area contributed by atoms with Crippen LogP contribution in [0.3, 0.4) is 0 Å². The molecule has 0 radical (unpaired) electrons. The second kappa shape index (κ2) is 9.69. The quantitative estimate of drug-likeness (QED) is 0.561. The maximum atomic E-state index is 12.8. The second-order valence-electron chi connectivity index (χ2n) is 7.13. The molecule has 0 saturated heterocycles. The van der Waals surface area contributed by atoms with E-state index in [1.165, 1.54) is 5.56 Å². The van der Waals surface area contributed by atoms with Gasteiger partial charge in [-0.2, -0.15) is 0 Å². The number of carbonyl (C=O) groups is 2. The highest BCUT2D eigenvalue weighted by molar-refractivity contribution is 6.05. The molecule has 0 saturated carbocycles. The van der Waals surface area contributed by atoms with Gasteiger partial charge in [0, 0.05) is 11.3 Å². The summed E-state index contributed by atoms with van der Waals surface area (Å²) in [6, 6.07) is 24.6. The average Bonchev–Trinajstić information content (AvgIpc) is 2.73. The SMILES string of the molecule is CC(C)OC(=O)c1ccc(NC(=O)c2ccccc2CCc2ccccc2)cc1. The molecule has 3 aromatic rings. The largest absolute Gasteiger partial charge is 0.459 e. The third-order valence-corrected chi connectivity index (χ3v) is 4.51. The van der Waals surface area contributed by atoms with Gasteiger partial charge in [-0.15, -0.1) is 0 Å². The molecule has 0 atom stereocenters. The Kier molecular flexibility index (Phi) is 6.80. The van der Waals surface area contributed by atoms with Crippen molar-refractivity contribution in [2.24, 2.45) is 0 Å². The summed E-state index contributed by atoms with van der Waals surface area (Å²) in [5.74, 6) is -0.532. The van der Waals surface area contributed by atoms with Crippen LogP contribution in [0.4, 0.5) is 5.69 Å². The van der Waals surface area contributed by atoms with E-state index in [0.29, 0.717) is 16.8 Å². The van der Waals surface area contributed by atoms with E-state index in [1.807, 2.05) is 56.3 Å². The number of benzene rings is 3. The lowest BCUT2D eigenvalue weighted by atomic mass is 9.99. The molecule has 1 amide bonds. The van der Waals surface area contributed by atoms with Gasteiger partial charge in [0.15, 0.2) is 0 Å². The Labute approximate surface area is 171 Å². The summed E-state index contributed by atoms with van der Waals surface area (Å²) in [7, 11) is 0. The number of rotatable bonds is 7. The number of carbonyl (C=O) groups excluding carboxylic acids is 2. The Balaban J connectivity index is 1.67. The van der Waals surface area contributed by atoms with Crippen LogP contribution in [0, 0.1) is 0 Å². The lowest BCUT2D eigenvalue weighted by Crippen LogP contribution is -2.15. The number of ether oxygens (including phenoxy) is 1. The van der Waals surface area contributed by atoms with Crippen molar-refractivity contribution in [3.63, 3.8) is 0 Å². The first-order valence-electron chi connectivity index (χ1n) is 9.77. The molecule has 0 aliphatic rings. The van der Waals surface area contributed by atoms with Crippen LogP contribution in [0.1, 0.15) is 45.7 Å². The number of nitrogens with one attached hydrogen (secondary N) is 1. The van der Waals surface area contributed by atoms with Crippen LogP contribution >= 0.6 is 0 Å². The fourth-order valence-corrected chi connectivity index (χ4v) is 3.05. The lowest BCUT2D eigenvalue weighted by molar-refractivity contribution is 0.0378. The van der Waals surface area contributed by atoms with E-state index < -0.39 is 0 Å². The minimum Gasteiger partial charge on any atom is -0.459 e. The zero-order valence-electron chi connectivity index (χ0n) is 16.7. The van der Waals surface area contributed by atoms with Crippen molar-refractivity contribution in [3.05, 3.63) is 101 Å². The van der Waals surface area contributed by atoms with Gasteiger partial charge in [-0.3, -0.25) is 4.79 Å². The number of esters is 1. The van der Waals surface area contributed by atoms with Crippen LogP contribution in [0.2, 0.25) is 0 Å². The zero-order valence-corrected chi connectivity index (χ0v) is 16.7. The van der Waals surface area contributed by atoms with E-state index in [2.05, 4.69) is 17.4 Å². The molecule has 3 rings (SSSR count). The summed E-state index contributed by atoms with van der Waals surface area (Å²) in [6.07, 6.45) is 1.49. The highest BCUT2D eigenvalue weighted by Gasteiger charge is 2.13. The minimum absolute atomic E-state index is 0.161. The molecular weight excluding hydrogens is 362 g/mol. The Morgan fingerprint density at radius 2 is 1.48 bits per heavy atom. The topological polar surface area (TPSA) is 55.4 Å². The molecule has 4 heteroatoms. The summed E-state index contributed by atoms with van der Waals surface area (Å²) in [6.45, 7) is 3.61. The molecule has 0 unspecified atom stereocenters. The van der Waals surface area contributed by atoms with Crippen molar-refractivity contribution in [3.8, 4) is 0 Å². The van der Waals surface area contributed by atoms with E-state index in [9.17, 15) is 9.59 Å². The molecule has 0 bridgehead atoms. The summed E-state index contributed by atoms with van der Waals surface area (Å²) < 4.78 is 5.18. The van der Waals surface area contributed by atoms with Crippen molar-refractivity contribution in [2.45, 2.75) is 32.8 Å². The summed E-state index contributed by atoms with van der Waals surface area (Å²) >= 11 is 0. The van der Waals surface area contributed by atoms with Crippen molar-refractivity contribution >= 4 is 17.6 Å². The van der Waals surface area contributed by atoms with Gasteiger partial charge < -0.3 is 10.1 Å². The van der Waals surface area contributed by atoms with E-state index >= 15 is 0 Å². The zero-order chi connectivity index (χ0) is 20.6. The van der Waals surface area contributed by atoms with Crippen molar-refractivity contribution in [1.82, 2.24) is 0 Å². The Bertz CT molecular complexity index is 963. The van der Waals surface area contributed by atoms with Gasteiger partial charge in [-0.1, -0.05) is 48.5 Å². The number of hydrogen-bond acceptors (Lipinski definition) is 3. The van der Waals surface area contributed by atoms with Gasteiger partial charge in [0.25, 0.3) is 5.91 Å². The minimum atomic E-state index is -0.371. The predicted molar refractivity (Wildman–Crippen MR) is 115 cm³/mol. The maximum Gasteiger partial charge on any atom is 0.338 e. The van der Waals surface area contributed by atoms with Gasteiger partial charge in [0.2, 0.25) is 0 Å². The third-order valence-electron chi connectivity index (χ3n) is 4.51. The van der Waals surface area contributed by atoms with Crippen LogP contribution in [-0.2, 0) is 17.6 Å². The molecule has 4 nitrogen and oxygen atoms in total. The standard InChI is InChI=1S/C25H25NO3/c1-18(2)29-25(28)21-14-16-22(17-15-21)26-24(27)23-11-7-6-10-20(23)13-12-19-8-4-3-5-9-19/h3-11,14-18H,12-13H2,1-2H3,(H,26,27). The average molecular weight is 387 g/mol. The van der Waals surface area contributed by atoms with Gasteiger partial charge in [-0.05, 0) is 68.1 Å². The first kappa shape index (κ1) is 20.3. The van der Waals surface area contributed by atoms with Crippen LogP contribution < -0.4 is 5.32 Å². The normalized spacial score (nSPS) is 10.6. The molecule has 0 aliphatic heterocycles. The molecule has 1 N–H and O–H groups in total. The highest BCUT2D eigenvalue weighted by Crippen LogP contribution is 2.17. The number of anilines is 1. The van der Waals surface area contributed by atoms with Crippen LogP contribution in [0.15, 0.2) is 78.9 Å². The Hall–Kier alpha value is -3.40. The number of amides is 1. The summed E-state index contributed by atoms with van der Waals surface area (Å²) in [4.78, 5) is 24.7. The highest BCUT2D eigenvalue weighted by atomic mass is 16.5. The maximum absolute atomic E-state index is 12.8. The van der Waals surface area contributed by atoms with Crippen LogP contribution in [0.5, 0.6) is 0 Å². The molecular formula is C25H25NO3. The van der Waals surface area contributed by atoms with Crippen molar-refractivity contribution < 1.29 is 14.3 Å². The molecule has 0 fully saturated rings. The van der Waals surface area contributed by atoms with Gasteiger partial charge in [0.1, 0.15) is 0 Å². The molecule has 3 aromatic carbocycles. The van der Waals surface area contributed by atoms with Crippen molar-refractivity contribution in [2.75, 3.05) is 5.32 Å². The molecule has 0 aromatic heterocycles. The second-order valence-corrected chi connectivity index (χ2v) is 7.13. The van der Waals surface area contributed by atoms with E-state index in [4.69, 9.17) is 4.74 Å². The Morgan fingerprint density at radius 1 is 0.828 bits per heavy atom. The van der Waals surface area contributed by atoms with Crippen LogP contribution in [0.25, 0.3) is 0 Å².